The molecule has 0 spiro atoms. The van der Waals surface area contributed by atoms with Crippen LogP contribution in [0, 0.1) is 6.92 Å². The first kappa shape index (κ1) is 15.3. The summed E-state index contributed by atoms with van der Waals surface area (Å²) in [6.07, 6.45) is 2.52. The zero-order valence-corrected chi connectivity index (χ0v) is 12.9. The fourth-order valence-corrected chi connectivity index (χ4v) is 2.93. The third-order valence-corrected chi connectivity index (χ3v) is 4.25. The molecule has 1 N–H and O–H groups in total. The zero-order chi connectivity index (χ0) is 16.4. The molecule has 0 aliphatic carbocycles. The van der Waals surface area contributed by atoms with Crippen LogP contribution in [0.25, 0.3) is 0 Å². The Labute approximate surface area is 133 Å². The molecule has 0 saturated carbocycles. The van der Waals surface area contributed by atoms with E-state index in [0.29, 0.717) is 37.3 Å². The number of rotatable bonds is 3. The highest BCUT2D eigenvalue weighted by atomic mass is 16.4. The first-order valence-corrected chi connectivity index (χ1v) is 7.59. The molecule has 0 bridgehead atoms. The minimum atomic E-state index is -1.08. The van der Waals surface area contributed by atoms with E-state index < -0.39 is 5.97 Å². The van der Waals surface area contributed by atoms with Crippen molar-refractivity contribution in [1.82, 2.24) is 9.88 Å². The summed E-state index contributed by atoms with van der Waals surface area (Å²) < 4.78 is 5.26. The number of carbonyl (C=O) groups is 2. The summed E-state index contributed by atoms with van der Waals surface area (Å²) in [5.41, 5.74) is 1.78. The van der Waals surface area contributed by atoms with Crippen LogP contribution in [0.15, 0.2) is 35.1 Å². The highest BCUT2D eigenvalue weighted by molar-refractivity contribution is 5.94. The second-order valence-electron chi connectivity index (χ2n) is 5.80. The molecule has 6 heteroatoms. The van der Waals surface area contributed by atoms with Gasteiger partial charge in [-0.25, -0.2) is 9.78 Å². The van der Waals surface area contributed by atoms with Crippen molar-refractivity contribution < 1.29 is 19.1 Å². The van der Waals surface area contributed by atoms with Gasteiger partial charge in [0.2, 0.25) is 0 Å². The first-order valence-electron chi connectivity index (χ1n) is 7.59. The van der Waals surface area contributed by atoms with Crippen LogP contribution >= 0.6 is 0 Å². The molecule has 0 unspecified atom stereocenters. The number of hydrogen-bond acceptors (Lipinski definition) is 4. The maximum atomic E-state index is 12.5. The Kier molecular flexibility index (Phi) is 4.14. The molecule has 1 aromatic heterocycles. The molecule has 1 amide bonds. The fourth-order valence-electron chi connectivity index (χ4n) is 2.93. The Morgan fingerprint density at radius 2 is 1.87 bits per heavy atom. The van der Waals surface area contributed by atoms with Crippen LogP contribution < -0.4 is 0 Å². The number of amides is 1. The van der Waals surface area contributed by atoms with Crippen molar-refractivity contribution in [3.8, 4) is 0 Å². The number of aromatic carboxylic acids is 1. The smallest absolute Gasteiger partial charge is 0.358 e. The van der Waals surface area contributed by atoms with E-state index in [2.05, 4.69) is 4.98 Å². The number of piperidine rings is 1. The third kappa shape index (κ3) is 3.11. The van der Waals surface area contributed by atoms with Gasteiger partial charge in [0.1, 0.15) is 5.76 Å². The van der Waals surface area contributed by atoms with Crippen LogP contribution in [0.5, 0.6) is 0 Å². The molecule has 3 rings (SSSR count). The van der Waals surface area contributed by atoms with Crippen LogP contribution in [-0.4, -0.2) is 40.0 Å². The Balaban J connectivity index is 1.66. The van der Waals surface area contributed by atoms with E-state index in [0.717, 1.165) is 5.56 Å². The van der Waals surface area contributed by atoms with Crippen molar-refractivity contribution in [3.63, 3.8) is 0 Å². The van der Waals surface area contributed by atoms with Crippen molar-refractivity contribution >= 4 is 11.9 Å². The van der Waals surface area contributed by atoms with Crippen molar-refractivity contribution in [1.29, 1.82) is 0 Å². The number of carboxylic acid groups (broad SMARTS) is 1. The molecule has 6 nitrogen and oxygen atoms in total. The third-order valence-electron chi connectivity index (χ3n) is 4.25. The van der Waals surface area contributed by atoms with Crippen molar-refractivity contribution in [2.75, 3.05) is 13.1 Å². The maximum absolute atomic E-state index is 12.5. The lowest BCUT2D eigenvalue weighted by Gasteiger charge is -2.31. The lowest BCUT2D eigenvalue weighted by molar-refractivity contribution is 0.0671. The number of likely N-dealkylation sites (tertiary alicyclic amines) is 1. The second-order valence-corrected chi connectivity index (χ2v) is 5.80. The average molecular weight is 314 g/mol. The van der Waals surface area contributed by atoms with Gasteiger partial charge in [0.25, 0.3) is 5.91 Å². The van der Waals surface area contributed by atoms with Gasteiger partial charge in [-0.2, -0.15) is 0 Å². The predicted octanol–water partition coefficient (Wildman–Crippen LogP) is 2.70. The van der Waals surface area contributed by atoms with Crippen molar-refractivity contribution in [2.24, 2.45) is 0 Å². The number of nitrogens with zero attached hydrogens (tertiary/aromatic N) is 2. The Morgan fingerprint density at radius 3 is 2.48 bits per heavy atom. The molecular weight excluding hydrogens is 296 g/mol. The predicted molar refractivity (Wildman–Crippen MR) is 82.5 cm³/mol. The van der Waals surface area contributed by atoms with Crippen molar-refractivity contribution in [3.05, 3.63) is 53.2 Å². The number of carboxylic acids is 1. The molecule has 1 aromatic carbocycles. The van der Waals surface area contributed by atoms with Gasteiger partial charge in [-0.05, 0) is 31.9 Å². The summed E-state index contributed by atoms with van der Waals surface area (Å²) >= 11 is 0. The molecule has 23 heavy (non-hydrogen) atoms. The van der Waals surface area contributed by atoms with E-state index >= 15 is 0 Å². The largest absolute Gasteiger partial charge is 0.476 e. The second kappa shape index (κ2) is 6.24. The summed E-state index contributed by atoms with van der Waals surface area (Å²) in [5, 5.41) is 9.11. The molecule has 1 aliphatic heterocycles. The van der Waals surface area contributed by atoms with E-state index in [4.69, 9.17) is 9.52 Å². The monoisotopic (exact) mass is 314 g/mol. The number of carbonyl (C=O) groups excluding carboxylic acids is 1. The quantitative estimate of drug-likeness (QED) is 0.941. The van der Waals surface area contributed by atoms with E-state index in [1.54, 1.807) is 4.90 Å². The summed E-state index contributed by atoms with van der Waals surface area (Å²) in [4.78, 5) is 29.2. The number of aryl methyl sites for hydroxylation is 1. The number of hydrogen-bond donors (Lipinski definition) is 1. The zero-order valence-electron chi connectivity index (χ0n) is 12.9. The van der Waals surface area contributed by atoms with Gasteiger partial charge in [-0.1, -0.05) is 17.7 Å². The number of benzene rings is 1. The highest BCUT2D eigenvalue weighted by Gasteiger charge is 2.30. The van der Waals surface area contributed by atoms with Gasteiger partial charge in [0.05, 0.1) is 0 Å². The van der Waals surface area contributed by atoms with Crippen LogP contribution in [0.4, 0.5) is 0 Å². The standard InChI is InChI=1S/C17H18N2O4/c1-11-2-4-13(5-3-11)16(20)19-8-6-12(7-9-19)15-14(17(21)22)18-10-23-15/h2-5,10,12H,6-9H2,1H3,(H,21,22). The topological polar surface area (TPSA) is 83.6 Å². The molecule has 1 saturated heterocycles. The molecule has 1 aliphatic rings. The lowest BCUT2D eigenvalue weighted by atomic mass is 9.92. The van der Waals surface area contributed by atoms with E-state index in [1.165, 1.54) is 6.39 Å². The van der Waals surface area contributed by atoms with Gasteiger partial charge in [-0.15, -0.1) is 0 Å². The van der Waals surface area contributed by atoms with Gasteiger partial charge in [0.15, 0.2) is 12.1 Å². The summed E-state index contributed by atoms with van der Waals surface area (Å²) in [6, 6.07) is 7.52. The van der Waals surface area contributed by atoms with Crippen molar-refractivity contribution in [2.45, 2.75) is 25.7 Å². The number of oxazole rings is 1. The van der Waals surface area contributed by atoms with Gasteiger partial charge < -0.3 is 14.4 Å². The number of aromatic nitrogens is 1. The molecule has 1 fully saturated rings. The van der Waals surface area contributed by atoms with E-state index in [1.807, 2.05) is 31.2 Å². The van der Waals surface area contributed by atoms with Crippen LogP contribution in [0.1, 0.15) is 50.9 Å². The molecule has 0 atom stereocenters. The first-order chi connectivity index (χ1) is 11.1. The Morgan fingerprint density at radius 1 is 1.22 bits per heavy atom. The fraction of sp³-hybridized carbons (Fsp3) is 0.353. The van der Waals surface area contributed by atoms with E-state index in [-0.39, 0.29) is 17.5 Å². The highest BCUT2D eigenvalue weighted by Crippen LogP contribution is 2.30. The Hall–Kier alpha value is -2.63. The molecule has 120 valence electrons. The van der Waals surface area contributed by atoms with Crippen LogP contribution in [0.2, 0.25) is 0 Å². The van der Waals surface area contributed by atoms with Gasteiger partial charge in [0, 0.05) is 24.6 Å². The van der Waals surface area contributed by atoms with Gasteiger partial charge in [-0.3, -0.25) is 4.79 Å². The summed E-state index contributed by atoms with van der Waals surface area (Å²) in [5.74, 6) is -0.656. The Bertz CT molecular complexity index is 712. The normalized spacial score (nSPS) is 15.6. The molecular formula is C17H18N2O4. The molecule has 0 radical (unpaired) electrons. The molecule has 2 heterocycles. The van der Waals surface area contributed by atoms with E-state index in [9.17, 15) is 9.59 Å². The maximum Gasteiger partial charge on any atom is 0.358 e. The van der Waals surface area contributed by atoms with Gasteiger partial charge >= 0.3 is 5.97 Å². The summed E-state index contributed by atoms with van der Waals surface area (Å²) in [6.45, 7) is 3.14. The van der Waals surface area contributed by atoms with Crippen LogP contribution in [-0.2, 0) is 0 Å². The summed E-state index contributed by atoms with van der Waals surface area (Å²) in [7, 11) is 0. The van der Waals surface area contributed by atoms with Crippen LogP contribution in [0.3, 0.4) is 0 Å². The molecule has 2 aromatic rings. The average Bonchev–Trinajstić information content (AvgIpc) is 3.05. The minimum absolute atomic E-state index is 0.00864. The lowest BCUT2D eigenvalue weighted by Crippen LogP contribution is -2.38. The minimum Gasteiger partial charge on any atom is -0.476 e. The SMILES string of the molecule is Cc1ccc(C(=O)N2CCC(c3ocnc3C(=O)O)CC2)cc1.